The molecule has 0 bridgehead atoms. The summed E-state index contributed by atoms with van der Waals surface area (Å²) >= 11 is 12.9. The first-order chi connectivity index (χ1) is 10.9. The zero-order valence-corrected chi connectivity index (χ0v) is 14.8. The molecule has 1 atom stereocenters. The van der Waals surface area contributed by atoms with Crippen molar-refractivity contribution in [3.8, 4) is 0 Å². The van der Waals surface area contributed by atoms with E-state index in [4.69, 9.17) is 23.2 Å². The molecular formula is C15H14Cl2FN3OS. The topological polar surface area (TPSA) is 46.1 Å². The molecule has 2 rings (SSSR count). The average Bonchev–Trinajstić information content (AvgIpc) is 2.52. The standard InChI is InChI=1S/C15H14Cl2FN3OS/c1-9(23-14-7-6-13(17)19-20-14)15(22)21(2)8-10-11(16)4-3-5-12(10)18/h3-7,9H,8H2,1-2H3/t9-/m1/s1. The Balaban J connectivity index is 2.02. The van der Waals surface area contributed by atoms with E-state index < -0.39 is 11.1 Å². The average molecular weight is 374 g/mol. The number of aromatic nitrogens is 2. The van der Waals surface area contributed by atoms with E-state index in [1.165, 1.54) is 28.8 Å². The van der Waals surface area contributed by atoms with Crippen LogP contribution in [-0.4, -0.2) is 33.3 Å². The smallest absolute Gasteiger partial charge is 0.235 e. The number of hydrogen-bond donors (Lipinski definition) is 0. The highest BCUT2D eigenvalue weighted by Gasteiger charge is 2.21. The third-order valence-corrected chi connectivity index (χ3v) is 4.66. The third kappa shape index (κ3) is 4.80. The molecule has 0 fully saturated rings. The van der Waals surface area contributed by atoms with E-state index in [1.807, 2.05) is 0 Å². The zero-order valence-electron chi connectivity index (χ0n) is 12.5. The molecule has 2 aromatic rings. The minimum absolute atomic E-state index is 0.0987. The highest BCUT2D eigenvalue weighted by Crippen LogP contribution is 2.24. The van der Waals surface area contributed by atoms with E-state index >= 15 is 0 Å². The molecule has 4 nitrogen and oxygen atoms in total. The molecule has 0 aliphatic rings. The summed E-state index contributed by atoms with van der Waals surface area (Å²) in [5.41, 5.74) is 0.300. The predicted molar refractivity (Wildman–Crippen MR) is 90.2 cm³/mol. The molecule has 0 saturated heterocycles. The van der Waals surface area contributed by atoms with Crippen LogP contribution in [0.4, 0.5) is 4.39 Å². The van der Waals surface area contributed by atoms with Crippen LogP contribution in [0.1, 0.15) is 12.5 Å². The van der Waals surface area contributed by atoms with Gasteiger partial charge in [-0.3, -0.25) is 4.79 Å². The van der Waals surface area contributed by atoms with Crippen molar-refractivity contribution in [1.29, 1.82) is 0 Å². The Labute approximate surface area is 148 Å². The van der Waals surface area contributed by atoms with Gasteiger partial charge in [0, 0.05) is 24.2 Å². The maximum atomic E-state index is 13.8. The molecule has 1 aromatic carbocycles. The molecule has 1 aromatic heterocycles. The summed E-state index contributed by atoms with van der Waals surface area (Å²) in [6.07, 6.45) is 0. The molecule has 0 unspecified atom stereocenters. The normalized spacial score (nSPS) is 12.0. The van der Waals surface area contributed by atoms with Crippen molar-refractivity contribution in [2.24, 2.45) is 0 Å². The molecule has 0 aliphatic carbocycles. The highest BCUT2D eigenvalue weighted by atomic mass is 35.5. The van der Waals surface area contributed by atoms with Gasteiger partial charge in [0.1, 0.15) is 10.8 Å². The summed E-state index contributed by atoms with van der Waals surface area (Å²) in [5, 5.41) is 8.41. The maximum Gasteiger partial charge on any atom is 0.235 e. The number of benzene rings is 1. The largest absolute Gasteiger partial charge is 0.340 e. The number of halogens is 3. The second kappa shape index (κ2) is 7.95. The second-order valence-corrected chi connectivity index (χ2v) is 7.00. The molecule has 1 heterocycles. The van der Waals surface area contributed by atoms with Gasteiger partial charge in [-0.1, -0.05) is 41.0 Å². The van der Waals surface area contributed by atoms with Crippen molar-refractivity contribution in [3.05, 3.63) is 51.9 Å². The first-order valence-corrected chi connectivity index (χ1v) is 8.36. The fraction of sp³-hybridized carbons (Fsp3) is 0.267. The van der Waals surface area contributed by atoms with Gasteiger partial charge in [-0.05, 0) is 31.2 Å². The first kappa shape index (κ1) is 18.0. The lowest BCUT2D eigenvalue weighted by atomic mass is 10.2. The summed E-state index contributed by atoms with van der Waals surface area (Å²) in [6, 6.07) is 7.75. The monoisotopic (exact) mass is 373 g/mol. The number of rotatable bonds is 5. The zero-order chi connectivity index (χ0) is 17.0. The lowest BCUT2D eigenvalue weighted by Crippen LogP contribution is -2.33. The van der Waals surface area contributed by atoms with Crippen molar-refractivity contribution >= 4 is 40.9 Å². The van der Waals surface area contributed by atoms with Gasteiger partial charge >= 0.3 is 0 Å². The maximum absolute atomic E-state index is 13.8. The minimum atomic E-state index is -0.430. The Hall–Kier alpha value is -1.37. The Morgan fingerprint density at radius 3 is 2.65 bits per heavy atom. The number of thioether (sulfide) groups is 1. The van der Waals surface area contributed by atoms with Gasteiger partial charge in [0.2, 0.25) is 5.91 Å². The van der Waals surface area contributed by atoms with Crippen molar-refractivity contribution < 1.29 is 9.18 Å². The van der Waals surface area contributed by atoms with Crippen LogP contribution < -0.4 is 0 Å². The Morgan fingerprint density at radius 1 is 1.30 bits per heavy atom. The number of nitrogens with zero attached hydrogens (tertiary/aromatic N) is 3. The molecule has 1 amide bonds. The number of carbonyl (C=O) groups excluding carboxylic acids is 1. The molecule has 0 aliphatic heterocycles. The van der Waals surface area contributed by atoms with Crippen LogP contribution in [0, 0.1) is 5.82 Å². The summed E-state index contributed by atoms with van der Waals surface area (Å²) in [7, 11) is 1.61. The fourth-order valence-corrected chi connectivity index (χ4v) is 3.11. The number of hydrogen-bond acceptors (Lipinski definition) is 4. The number of carbonyl (C=O) groups is 1. The van der Waals surface area contributed by atoms with Crippen LogP contribution in [0.15, 0.2) is 35.4 Å². The van der Waals surface area contributed by atoms with Gasteiger partial charge in [-0.25, -0.2) is 4.39 Å². The summed E-state index contributed by atoms with van der Waals surface area (Å²) in [6.45, 7) is 1.85. The van der Waals surface area contributed by atoms with Crippen molar-refractivity contribution in [2.45, 2.75) is 23.7 Å². The van der Waals surface area contributed by atoms with Gasteiger partial charge in [0.15, 0.2) is 5.15 Å². The third-order valence-electron chi connectivity index (χ3n) is 3.09. The molecule has 0 radical (unpaired) electrons. The lowest BCUT2D eigenvalue weighted by molar-refractivity contribution is -0.129. The van der Waals surface area contributed by atoms with E-state index in [0.29, 0.717) is 20.8 Å². The van der Waals surface area contributed by atoms with Crippen molar-refractivity contribution in [3.63, 3.8) is 0 Å². The second-order valence-electron chi connectivity index (χ2n) is 4.85. The van der Waals surface area contributed by atoms with E-state index in [2.05, 4.69) is 10.2 Å². The van der Waals surface area contributed by atoms with Gasteiger partial charge in [0.05, 0.1) is 5.25 Å². The SMILES string of the molecule is C[C@@H](Sc1ccc(Cl)nn1)C(=O)N(C)Cc1c(F)cccc1Cl. The summed E-state index contributed by atoms with van der Waals surface area (Å²) < 4.78 is 13.8. The molecule has 8 heteroatoms. The number of amides is 1. The van der Waals surface area contributed by atoms with E-state index in [1.54, 1.807) is 32.2 Å². The van der Waals surface area contributed by atoms with Gasteiger partial charge in [-0.2, -0.15) is 0 Å². The van der Waals surface area contributed by atoms with Gasteiger partial charge in [0.25, 0.3) is 0 Å². The van der Waals surface area contributed by atoms with Crippen molar-refractivity contribution in [1.82, 2.24) is 15.1 Å². The fourth-order valence-electron chi connectivity index (χ4n) is 1.91. The molecule has 122 valence electrons. The lowest BCUT2D eigenvalue weighted by Gasteiger charge is -2.21. The first-order valence-electron chi connectivity index (χ1n) is 6.72. The van der Waals surface area contributed by atoms with Crippen LogP contribution >= 0.6 is 35.0 Å². The van der Waals surface area contributed by atoms with Crippen molar-refractivity contribution in [2.75, 3.05) is 7.05 Å². The highest BCUT2D eigenvalue weighted by molar-refractivity contribution is 8.00. The van der Waals surface area contributed by atoms with E-state index in [-0.39, 0.29) is 12.5 Å². The predicted octanol–water partition coefficient (Wildman–Crippen LogP) is 4.06. The molecule has 0 saturated carbocycles. The van der Waals surface area contributed by atoms with E-state index in [9.17, 15) is 9.18 Å². The van der Waals surface area contributed by atoms with Crippen LogP contribution in [-0.2, 0) is 11.3 Å². The van der Waals surface area contributed by atoms with Crippen LogP contribution in [0.25, 0.3) is 0 Å². The summed E-state index contributed by atoms with van der Waals surface area (Å²) in [5.74, 6) is -0.591. The van der Waals surface area contributed by atoms with E-state index in [0.717, 1.165) is 0 Å². The minimum Gasteiger partial charge on any atom is -0.340 e. The summed E-state index contributed by atoms with van der Waals surface area (Å²) in [4.78, 5) is 13.8. The van der Waals surface area contributed by atoms with Gasteiger partial charge in [-0.15, -0.1) is 10.2 Å². The van der Waals surface area contributed by atoms with Crippen LogP contribution in [0.2, 0.25) is 10.2 Å². The Bertz CT molecular complexity index is 679. The molecule has 0 spiro atoms. The molecular weight excluding hydrogens is 360 g/mol. The quantitative estimate of drug-likeness (QED) is 0.741. The molecule has 23 heavy (non-hydrogen) atoms. The molecule has 0 N–H and O–H groups in total. The Kier molecular flexibility index (Phi) is 6.21. The van der Waals surface area contributed by atoms with Gasteiger partial charge < -0.3 is 4.90 Å². The van der Waals surface area contributed by atoms with Crippen LogP contribution in [0.3, 0.4) is 0 Å². The Morgan fingerprint density at radius 2 is 2.04 bits per heavy atom. The van der Waals surface area contributed by atoms with Crippen LogP contribution in [0.5, 0.6) is 0 Å².